The number of nitrogens with two attached hydrogens (primary N) is 1. The summed E-state index contributed by atoms with van der Waals surface area (Å²) in [6.07, 6.45) is 5.85. The summed E-state index contributed by atoms with van der Waals surface area (Å²) in [4.78, 5) is 11.2. The Morgan fingerprint density at radius 2 is 2.00 bits per heavy atom. The summed E-state index contributed by atoms with van der Waals surface area (Å²) < 4.78 is 9.75. The molecule has 0 aliphatic heterocycles. The summed E-state index contributed by atoms with van der Waals surface area (Å²) in [5.74, 6) is -1.10. The number of furan rings is 2. The molecule has 2 aromatic rings. The fraction of sp³-hybridized carbons (Fsp3) is 0.182. The maximum absolute atomic E-state index is 11.2. The Morgan fingerprint density at radius 1 is 1.31 bits per heavy atom. The van der Waals surface area contributed by atoms with Gasteiger partial charge in [0.25, 0.3) is 0 Å². The van der Waals surface area contributed by atoms with E-state index >= 15 is 0 Å². The highest BCUT2D eigenvalue weighted by molar-refractivity contribution is 5.80. The minimum atomic E-state index is -1.49. The molecule has 3 N–H and O–H groups in total. The van der Waals surface area contributed by atoms with Crippen LogP contribution in [-0.2, 0) is 16.8 Å². The second-order valence-electron chi connectivity index (χ2n) is 3.60. The molecule has 0 fully saturated rings. The topological polar surface area (TPSA) is 89.6 Å². The Balaban J connectivity index is 2.33. The molecular formula is C11H11NO4. The summed E-state index contributed by atoms with van der Waals surface area (Å²) in [5, 5.41) is 9.21. The molecule has 0 aromatic carbocycles. The van der Waals surface area contributed by atoms with Crippen molar-refractivity contribution in [3.63, 3.8) is 0 Å². The Kier molecular flexibility index (Phi) is 2.54. The smallest absolute Gasteiger partial charge is 0.328 e. The van der Waals surface area contributed by atoms with Crippen molar-refractivity contribution in [1.82, 2.24) is 0 Å². The van der Waals surface area contributed by atoms with Crippen LogP contribution >= 0.6 is 0 Å². The van der Waals surface area contributed by atoms with Gasteiger partial charge in [0.2, 0.25) is 0 Å². The third kappa shape index (κ3) is 1.72. The van der Waals surface area contributed by atoms with E-state index in [9.17, 15) is 9.90 Å². The van der Waals surface area contributed by atoms with Crippen LogP contribution in [-0.4, -0.2) is 11.1 Å². The molecular weight excluding hydrogens is 210 g/mol. The van der Waals surface area contributed by atoms with Crippen molar-refractivity contribution in [2.45, 2.75) is 12.0 Å². The molecule has 0 aliphatic carbocycles. The SMILES string of the molecule is N[C@](Cc1ccoc1)(C(=O)O)c1ccoc1. The molecule has 0 saturated carbocycles. The van der Waals surface area contributed by atoms with E-state index in [0.717, 1.165) is 5.56 Å². The third-order valence-electron chi connectivity index (χ3n) is 2.48. The molecule has 84 valence electrons. The number of carbonyl (C=O) groups is 1. The van der Waals surface area contributed by atoms with E-state index in [-0.39, 0.29) is 6.42 Å². The van der Waals surface area contributed by atoms with Crippen molar-refractivity contribution in [1.29, 1.82) is 0 Å². The Morgan fingerprint density at radius 3 is 2.50 bits per heavy atom. The quantitative estimate of drug-likeness (QED) is 0.813. The van der Waals surface area contributed by atoms with Gasteiger partial charge in [-0.1, -0.05) is 0 Å². The fourth-order valence-corrected chi connectivity index (χ4v) is 1.53. The fourth-order valence-electron chi connectivity index (χ4n) is 1.53. The van der Waals surface area contributed by atoms with Gasteiger partial charge in [-0.15, -0.1) is 0 Å². The lowest BCUT2D eigenvalue weighted by Crippen LogP contribution is -2.46. The van der Waals surface area contributed by atoms with Gasteiger partial charge in [0.1, 0.15) is 5.54 Å². The van der Waals surface area contributed by atoms with Crippen LogP contribution in [0.15, 0.2) is 46.0 Å². The molecule has 2 aromatic heterocycles. The summed E-state index contributed by atoms with van der Waals surface area (Å²) in [5.41, 5.74) is 5.57. The largest absolute Gasteiger partial charge is 0.480 e. The van der Waals surface area contributed by atoms with Crippen LogP contribution < -0.4 is 5.73 Å². The van der Waals surface area contributed by atoms with Gasteiger partial charge in [0.15, 0.2) is 0 Å². The standard InChI is InChI=1S/C11H11NO4/c12-11(10(13)14,9-2-4-16-7-9)5-8-1-3-15-6-8/h1-4,6-7H,5,12H2,(H,13,14)/t11-/m0/s1. The van der Waals surface area contributed by atoms with E-state index in [2.05, 4.69) is 0 Å². The second kappa shape index (κ2) is 3.86. The van der Waals surface area contributed by atoms with Gasteiger partial charge in [-0.3, -0.25) is 0 Å². The first-order chi connectivity index (χ1) is 7.63. The number of hydrogen-bond donors (Lipinski definition) is 2. The highest BCUT2D eigenvalue weighted by Crippen LogP contribution is 2.24. The van der Waals surface area contributed by atoms with E-state index in [0.29, 0.717) is 5.56 Å². The number of rotatable bonds is 4. The molecule has 0 bridgehead atoms. The van der Waals surface area contributed by atoms with Crippen LogP contribution in [0.2, 0.25) is 0 Å². The zero-order valence-electron chi connectivity index (χ0n) is 8.42. The average molecular weight is 221 g/mol. The van der Waals surface area contributed by atoms with Crippen molar-refractivity contribution in [3.8, 4) is 0 Å². The zero-order valence-corrected chi connectivity index (χ0v) is 8.42. The Bertz CT molecular complexity index is 460. The summed E-state index contributed by atoms with van der Waals surface area (Å²) in [6.45, 7) is 0. The summed E-state index contributed by atoms with van der Waals surface area (Å²) in [6, 6.07) is 3.23. The van der Waals surface area contributed by atoms with Crippen LogP contribution in [0, 0.1) is 0 Å². The van der Waals surface area contributed by atoms with Crippen molar-refractivity contribution < 1.29 is 18.7 Å². The molecule has 0 amide bonds. The molecule has 0 aliphatic rings. The molecule has 0 unspecified atom stereocenters. The molecule has 16 heavy (non-hydrogen) atoms. The predicted molar refractivity (Wildman–Crippen MR) is 54.6 cm³/mol. The van der Waals surface area contributed by atoms with Gasteiger partial charge < -0.3 is 19.7 Å². The molecule has 0 spiro atoms. The molecule has 0 saturated heterocycles. The number of carboxylic acid groups (broad SMARTS) is 1. The van der Waals surface area contributed by atoms with Gasteiger partial charge in [-0.05, 0) is 17.7 Å². The first-order valence-electron chi connectivity index (χ1n) is 4.69. The van der Waals surface area contributed by atoms with Crippen molar-refractivity contribution in [2.24, 2.45) is 5.73 Å². The van der Waals surface area contributed by atoms with Gasteiger partial charge in [-0.2, -0.15) is 0 Å². The minimum Gasteiger partial charge on any atom is -0.480 e. The average Bonchev–Trinajstić information content (AvgIpc) is 2.88. The number of hydrogen-bond acceptors (Lipinski definition) is 4. The van der Waals surface area contributed by atoms with E-state index in [1.165, 1.54) is 25.1 Å². The second-order valence-corrected chi connectivity index (χ2v) is 3.60. The monoisotopic (exact) mass is 221 g/mol. The van der Waals surface area contributed by atoms with Crippen molar-refractivity contribution in [2.75, 3.05) is 0 Å². The van der Waals surface area contributed by atoms with Gasteiger partial charge in [0.05, 0.1) is 25.1 Å². The third-order valence-corrected chi connectivity index (χ3v) is 2.48. The van der Waals surface area contributed by atoms with Gasteiger partial charge >= 0.3 is 5.97 Å². The van der Waals surface area contributed by atoms with Gasteiger partial charge in [-0.25, -0.2) is 4.79 Å². The Labute approximate surface area is 91.5 Å². The first-order valence-corrected chi connectivity index (χ1v) is 4.69. The summed E-state index contributed by atoms with van der Waals surface area (Å²) in [7, 11) is 0. The molecule has 5 nitrogen and oxygen atoms in total. The van der Waals surface area contributed by atoms with Crippen molar-refractivity contribution >= 4 is 5.97 Å². The molecule has 2 rings (SSSR count). The molecule has 1 atom stereocenters. The Hall–Kier alpha value is -2.01. The van der Waals surface area contributed by atoms with Gasteiger partial charge in [0, 0.05) is 12.0 Å². The van der Waals surface area contributed by atoms with Crippen LogP contribution in [0.3, 0.4) is 0 Å². The van der Waals surface area contributed by atoms with Crippen LogP contribution in [0.25, 0.3) is 0 Å². The summed E-state index contributed by atoms with van der Waals surface area (Å²) >= 11 is 0. The molecule has 0 radical (unpaired) electrons. The highest BCUT2D eigenvalue weighted by atomic mass is 16.4. The maximum Gasteiger partial charge on any atom is 0.328 e. The molecule has 2 heterocycles. The van der Waals surface area contributed by atoms with E-state index in [1.807, 2.05) is 0 Å². The first kappa shape index (κ1) is 10.5. The van der Waals surface area contributed by atoms with Crippen LogP contribution in [0.5, 0.6) is 0 Å². The van der Waals surface area contributed by atoms with Crippen LogP contribution in [0.4, 0.5) is 0 Å². The van der Waals surface area contributed by atoms with Crippen molar-refractivity contribution in [3.05, 3.63) is 48.3 Å². The lowest BCUT2D eigenvalue weighted by molar-refractivity contribution is -0.143. The normalized spacial score (nSPS) is 14.6. The predicted octanol–water partition coefficient (Wildman–Crippen LogP) is 1.35. The van der Waals surface area contributed by atoms with E-state index < -0.39 is 11.5 Å². The lowest BCUT2D eigenvalue weighted by Gasteiger charge is -2.22. The number of aliphatic carboxylic acids is 1. The lowest BCUT2D eigenvalue weighted by atomic mass is 9.87. The van der Waals surface area contributed by atoms with Crippen LogP contribution in [0.1, 0.15) is 11.1 Å². The molecule has 5 heteroatoms. The maximum atomic E-state index is 11.2. The van der Waals surface area contributed by atoms with E-state index in [1.54, 1.807) is 12.1 Å². The minimum absolute atomic E-state index is 0.151. The van der Waals surface area contributed by atoms with E-state index in [4.69, 9.17) is 14.6 Å². The zero-order chi connectivity index (χ0) is 11.6. The highest BCUT2D eigenvalue weighted by Gasteiger charge is 2.37. The number of carboxylic acids is 1.